The molecule has 3 rings (SSSR count). The molecule has 2 aromatic heterocycles. The first kappa shape index (κ1) is 12.9. The van der Waals surface area contributed by atoms with E-state index in [2.05, 4.69) is 15.2 Å². The lowest BCUT2D eigenvalue weighted by Gasteiger charge is -2.08. The number of aromatic nitrogens is 3. The van der Waals surface area contributed by atoms with Gasteiger partial charge in [-0.3, -0.25) is 5.10 Å². The molecule has 0 aliphatic heterocycles. The molecular weight excluding hydrogens is 276 g/mol. The lowest BCUT2D eigenvalue weighted by molar-refractivity contribution is 0.535. The van der Waals surface area contributed by atoms with Gasteiger partial charge in [0.1, 0.15) is 11.6 Å². The van der Waals surface area contributed by atoms with Crippen molar-refractivity contribution in [2.24, 2.45) is 5.73 Å². The molecule has 1 atom stereocenters. The highest BCUT2D eigenvalue weighted by molar-refractivity contribution is 6.30. The van der Waals surface area contributed by atoms with E-state index >= 15 is 0 Å². The molecule has 5 nitrogen and oxygen atoms in total. The fourth-order valence-corrected chi connectivity index (χ4v) is 2.10. The summed E-state index contributed by atoms with van der Waals surface area (Å²) in [5, 5.41) is 7.73. The van der Waals surface area contributed by atoms with E-state index in [0.717, 1.165) is 16.9 Å². The van der Waals surface area contributed by atoms with Crippen LogP contribution in [0, 0.1) is 6.92 Å². The number of benzene rings is 1. The fourth-order valence-electron chi connectivity index (χ4n) is 1.98. The summed E-state index contributed by atoms with van der Waals surface area (Å²) in [4.78, 5) is 4.43. The molecule has 1 aromatic carbocycles. The summed E-state index contributed by atoms with van der Waals surface area (Å²) in [5.74, 6) is 1.95. The highest BCUT2D eigenvalue weighted by Crippen LogP contribution is 2.23. The van der Waals surface area contributed by atoms with Gasteiger partial charge in [0.15, 0.2) is 5.82 Å². The van der Waals surface area contributed by atoms with Crippen molar-refractivity contribution in [3.05, 3.63) is 58.8 Å². The number of furan rings is 1. The zero-order chi connectivity index (χ0) is 14.1. The fraction of sp³-hybridized carbons (Fsp3) is 0.143. The Kier molecular flexibility index (Phi) is 3.30. The van der Waals surface area contributed by atoms with Crippen LogP contribution in [0.4, 0.5) is 0 Å². The van der Waals surface area contributed by atoms with E-state index < -0.39 is 0 Å². The Balaban J connectivity index is 1.90. The molecule has 3 N–H and O–H groups in total. The van der Waals surface area contributed by atoms with Crippen LogP contribution in [0.15, 0.2) is 41.0 Å². The molecule has 3 aromatic rings. The van der Waals surface area contributed by atoms with Crippen LogP contribution in [-0.4, -0.2) is 15.2 Å². The van der Waals surface area contributed by atoms with Gasteiger partial charge < -0.3 is 10.2 Å². The average Bonchev–Trinajstić information content (AvgIpc) is 3.07. The van der Waals surface area contributed by atoms with Crippen LogP contribution in [0.5, 0.6) is 0 Å². The number of aromatic amines is 1. The third-order valence-corrected chi connectivity index (χ3v) is 3.38. The molecule has 0 spiro atoms. The summed E-state index contributed by atoms with van der Waals surface area (Å²) in [5.41, 5.74) is 7.95. The molecule has 0 saturated heterocycles. The number of rotatable bonds is 3. The number of nitrogens with one attached hydrogen (secondary N) is 1. The van der Waals surface area contributed by atoms with E-state index in [-0.39, 0.29) is 6.04 Å². The van der Waals surface area contributed by atoms with Gasteiger partial charge in [0.25, 0.3) is 0 Å². The normalized spacial score (nSPS) is 12.6. The van der Waals surface area contributed by atoms with Crippen molar-refractivity contribution in [3.63, 3.8) is 0 Å². The molecule has 0 bridgehead atoms. The number of aryl methyl sites for hydroxylation is 1. The van der Waals surface area contributed by atoms with Gasteiger partial charge in [-0.25, -0.2) is 4.98 Å². The van der Waals surface area contributed by atoms with Crippen LogP contribution >= 0.6 is 11.6 Å². The van der Waals surface area contributed by atoms with Crippen LogP contribution in [-0.2, 0) is 0 Å². The Morgan fingerprint density at radius 3 is 2.65 bits per heavy atom. The number of hydrogen-bond donors (Lipinski definition) is 2. The molecule has 20 heavy (non-hydrogen) atoms. The van der Waals surface area contributed by atoms with Gasteiger partial charge in [-0.15, -0.1) is 0 Å². The van der Waals surface area contributed by atoms with Crippen molar-refractivity contribution < 1.29 is 4.42 Å². The summed E-state index contributed by atoms with van der Waals surface area (Å²) in [6.07, 6.45) is 1.61. The molecular formula is C14H13ClN4O. The summed E-state index contributed by atoms with van der Waals surface area (Å²) in [6, 6.07) is 8.80. The first-order valence-corrected chi connectivity index (χ1v) is 6.51. The Labute approximate surface area is 120 Å². The highest BCUT2D eigenvalue weighted by atomic mass is 35.5. The molecule has 0 fully saturated rings. The Hall–Kier alpha value is -2.11. The topological polar surface area (TPSA) is 80.7 Å². The highest BCUT2D eigenvalue weighted by Gasteiger charge is 2.16. The van der Waals surface area contributed by atoms with Crippen molar-refractivity contribution in [2.45, 2.75) is 13.0 Å². The van der Waals surface area contributed by atoms with Crippen LogP contribution in [0.2, 0.25) is 5.02 Å². The van der Waals surface area contributed by atoms with Crippen molar-refractivity contribution >= 4 is 11.6 Å². The summed E-state index contributed by atoms with van der Waals surface area (Å²) in [7, 11) is 0. The van der Waals surface area contributed by atoms with Crippen LogP contribution in [0.3, 0.4) is 0 Å². The monoisotopic (exact) mass is 288 g/mol. The Morgan fingerprint density at radius 1 is 1.25 bits per heavy atom. The second-order valence-electron chi connectivity index (χ2n) is 4.46. The molecule has 0 amide bonds. The second-order valence-corrected chi connectivity index (χ2v) is 4.90. The van der Waals surface area contributed by atoms with Crippen LogP contribution < -0.4 is 5.73 Å². The maximum absolute atomic E-state index is 6.17. The van der Waals surface area contributed by atoms with Gasteiger partial charge >= 0.3 is 0 Å². The van der Waals surface area contributed by atoms with E-state index in [1.54, 1.807) is 18.4 Å². The summed E-state index contributed by atoms with van der Waals surface area (Å²) in [6.45, 7) is 1.87. The van der Waals surface area contributed by atoms with Crippen molar-refractivity contribution in [1.82, 2.24) is 15.2 Å². The Bertz CT molecular complexity index is 717. The molecule has 0 aliphatic rings. The van der Waals surface area contributed by atoms with Crippen molar-refractivity contribution in [3.8, 4) is 11.4 Å². The van der Waals surface area contributed by atoms with Crippen molar-refractivity contribution in [1.29, 1.82) is 0 Å². The minimum atomic E-state index is -0.374. The van der Waals surface area contributed by atoms with Gasteiger partial charge in [0.05, 0.1) is 17.9 Å². The number of nitrogens with two attached hydrogens (primary N) is 1. The van der Waals surface area contributed by atoms with Gasteiger partial charge in [0, 0.05) is 5.02 Å². The SMILES string of the molecule is Cc1occc1-c1n[nH]c([C@H](N)c2ccc(Cl)cc2)n1. The minimum Gasteiger partial charge on any atom is -0.469 e. The Morgan fingerprint density at radius 2 is 2.00 bits per heavy atom. The molecule has 6 heteroatoms. The summed E-state index contributed by atoms with van der Waals surface area (Å²) < 4.78 is 5.25. The van der Waals surface area contributed by atoms with E-state index in [9.17, 15) is 0 Å². The van der Waals surface area contributed by atoms with Crippen LogP contribution in [0.1, 0.15) is 23.2 Å². The number of hydrogen-bond acceptors (Lipinski definition) is 4. The number of halogens is 1. The van der Waals surface area contributed by atoms with Gasteiger partial charge in [-0.05, 0) is 30.7 Å². The second kappa shape index (κ2) is 5.11. The summed E-state index contributed by atoms with van der Waals surface area (Å²) >= 11 is 5.86. The smallest absolute Gasteiger partial charge is 0.184 e. The van der Waals surface area contributed by atoms with Gasteiger partial charge in [0.2, 0.25) is 0 Å². The van der Waals surface area contributed by atoms with E-state index in [1.807, 2.05) is 25.1 Å². The van der Waals surface area contributed by atoms with Crippen molar-refractivity contribution in [2.75, 3.05) is 0 Å². The van der Waals surface area contributed by atoms with Gasteiger partial charge in [-0.2, -0.15) is 5.10 Å². The molecule has 0 saturated carbocycles. The zero-order valence-corrected chi connectivity index (χ0v) is 11.6. The third kappa shape index (κ3) is 2.33. The standard InChI is InChI=1S/C14H13ClN4O/c1-8-11(6-7-20-8)13-17-14(19-18-13)12(16)9-2-4-10(15)5-3-9/h2-7,12H,16H2,1H3,(H,17,18,19)/t12-/m1/s1. The van der Waals surface area contributed by atoms with E-state index in [1.165, 1.54) is 0 Å². The predicted molar refractivity (Wildman–Crippen MR) is 76.3 cm³/mol. The largest absolute Gasteiger partial charge is 0.469 e. The minimum absolute atomic E-state index is 0.374. The molecule has 102 valence electrons. The lowest BCUT2D eigenvalue weighted by Crippen LogP contribution is -2.13. The molecule has 0 aliphatic carbocycles. The maximum Gasteiger partial charge on any atom is 0.184 e. The maximum atomic E-state index is 6.17. The number of nitrogens with zero attached hydrogens (tertiary/aromatic N) is 2. The van der Waals surface area contributed by atoms with E-state index in [4.69, 9.17) is 21.8 Å². The average molecular weight is 289 g/mol. The zero-order valence-electron chi connectivity index (χ0n) is 10.8. The quantitative estimate of drug-likeness (QED) is 0.776. The lowest BCUT2D eigenvalue weighted by atomic mass is 10.1. The molecule has 0 unspecified atom stereocenters. The van der Waals surface area contributed by atoms with Crippen LogP contribution in [0.25, 0.3) is 11.4 Å². The number of H-pyrrole nitrogens is 1. The predicted octanol–water partition coefficient (Wildman–Crippen LogP) is 3.07. The third-order valence-electron chi connectivity index (χ3n) is 3.13. The molecule has 0 radical (unpaired) electrons. The first-order valence-electron chi connectivity index (χ1n) is 6.13. The molecule has 2 heterocycles. The first-order chi connectivity index (χ1) is 9.65. The van der Waals surface area contributed by atoms with Gasteiger partial charge in [-0.1, -0.05) is 23.7 Å². The van der Waals surface area contributed by atoms with E-state index in [0.29, 0.717) is 16.7 Å².